The minimum atomic E-state index is -0.800. The van der Waals surface area contributed by atoms with Crippen LogP contribution in [0, 0.1) is 0 Å². The number of hydrogen-bond acceptors (Lipinski definition) is 4. The predicted octanol–water partition coefficient (Wildman–Crippen LogP) is 3.25. The van der Waals surface area contributed by atoms with Crippen molar-refractivity contribution in [3.63, 3.8) is 0 Å². The number of carbonyl (C=O) groups is 1. The molecule has 1 N–H and O–H groups in total. The van der Waals surface area contributed by atoms with Gasteiger partial charge < -0.3 is 19.5 Å². The van der Waals surface area contributed by atoms with Crippen molar-refractivity contribution in [2.24, 2.45) is 0 Å². The molecule has 0 fully saturated rings. The topological polar surface area (TPSA) is 59.0 Å². The summed E-state index contributed by atoms with van der Waals surface area (Å²) in [5.41, 5.74) is 1.52. The first-order chi connectivity index (χ1) is 12.7. The Morgan fingerprint density at radius 2 is 1.69 bits per heavy atom. The maximum atomic E-state index is 12.7. The van der Waals surface area contributed by atoms with Crippen LogP contribution in [0.5, 0.6) is 11.5 Å². The van der Waals surface area contributed by atoms with Crippen molar-refractivity contribution in [1.82, 2.24) is 0 Å². The highest BCUT2D eigenvalue weighted by atomic mass is 16.5. The van der Waals surface area contributed by atoms with E-state index in [4.69, 9.17) is 9.47 Å². The van der Waals surface area contributed by atoms with Gasteiger partial charge in [0.05, 0.1) is 19.3 Å². The highest BCUT2D eigenvalue weighted by Gasteiger charge is 2.30. The molecule has 1 amide bonds. The molecular weight excluding hydrogens is 330 g/mol. The Labute approximate surface area is 151 Å². The molecule has 5 nitrogen and oxygen atoms in total. The van der Waals surface area contributed by atoms with Gasteiger partial charge in [-0.3, -0.25) is 4.79 Å². The minimum Gasteiger partial charge on any atom is -0.497 e. The smallest absolute Gasteiger partial charge is 0.259 e. The van der Waals surface area contributed by atoms with E-state index in [0.717, 1.165) is 22.2 Å². The summed E-state index contributed by atoms with van der Waals surface area (Å²) >= 11 is 0. The van der Waals surface area contributed by atoms with E-state index in [9.17, 15) is 9.90 Å². The number of benzene rings is 3. The first kappa shape index (κ1) is 16.4. The quantitative estimate of drug-likeness (QED) is 0.742. The largest absolute Gasteiger partial charge is 0.497 e. The van der Waals surface area contributed by atoms with Gasteiger partial charge in [-0.25, -0.2) is 0 Å². The second-order valence-corrected chi connectivity index (χ2v) is 6.24. The van der Waals surface area contributed by atoms with Crippen LogP contribution in [0.15, 0.2) is 60.7 Å². The summed E-state index contributed by atoms with van der Waals surface area (Å²) in [6.45, 7) is 0.283. The van der Waals surface area contributed by atoms with Crippen LogP contribution in [0.1, 0.15) is 10.4 Å². The van der Waals surface area contributed by atoms with Crippen LogP contribution in [0.25, 0.3) is 10.8 Å². The Morgan fingerprint density at radius 3 is 2.42 bits per heavy atom. The average molecular weight is 349 g/mol. The summed E-state index contributed by atoms with van der Waals surface area (Å²) < 4.78 is 10.7. The molecule has 1 atom stereocenters. The van der Waals surface area contributed by atoms with Crippen molar-refractivity contribution in [3.8, 4) is 11.5 Å². The van der Waals surface area contributed by atoms with E-state index in [1.165, 1.54) is 0 Å². The molecular formula is C21H19NO4. The molecule has 132 valence electrons. The van der Waals surface area contributed by atoms with E-state index in [-0.39, 0.29) is 19.1 Å². The Kier molecular flexibility index (Phi) is 4.22. The van der Waals surface area contributed by atoms with Gasteiger partial charge >= 0.3 is 0 Å². The summed E-state index contributed by atoms with van der Waals surface area (Å²) in [4.78, 5) is 14.3. The molecule has 0 radical (unpaired) electrons. The number of carbonyl (C=O) groups excluding carboxylic acids is 1. The molecule has 0 bridgehead atoms. The minimum absolute atomic E-state index is 0.0831. The number of ether oxygens (including phenoxy) is 2. The highest BCUT2D eigenvalue weighted by Crippen LogP contribution is 2.37. The molecule has 4 rings (SSSR count). The third-order valence-corrected chi connectivity index (χ3v) is 4.54. The van der Waals surface area contributed by atoms with Gasteiger partial charge in [-0.1, -0.05) is 24.3 Å². The summed E-state index contributed by atoms with van der Waals surface area (Å²) in [6.07, 6.45) is -0.800. The summed E-state index contributed by atoms with van der Waals surface area (Å²) in [5.74, 6) is 1.30. The van der Waals surface area contributed by atoms with E-state index in [0.29, 0.717) is 11.3 Å². The van der Waals surface area contributed by atoms with E-state index in [1.54, 1.807) is 36.3 Å². The van der Waals surface area contributed by atoms with Crippen molar-refractivity contribution in [1.29, 1.82) is 0 Å². The number of anilines is 1. The zero-order valence-electron chi connectivity index (χ0n) is 14.4. The molecule has 0 aromatic heterocycles. The second-order valence-electron chi connectivity index (χ2n) is 6.24. The van der Waals surface area contributed by atoms with Gasteiger partial charge in [-0.2, -0.15) is 0 Å². The maximum Gasteiger partial charge on any atom is 0.259 e. The molecule has 0 saturated heterocycles. The third-order valence-electron chi connectivity index (χ3n) is 4.54. The normalized spacial score (nSPS) is 13.9. The van der Waals surface area contributed by atoms with Crippen molar-refractivity contribution in [2.75, 3.05) is 25.2 Å². The molecule has 3 aromatic carbocycles. The fraction of sp³-hybridized carbons (Fsp3) is 0.190. The molecule has 0 unspecified atom stereocenters. The van der Waals surface area contributed by atoms with E-state index >= 15 is 0 Å². The van der Waals surface area contributed by atoms with Gasteiger partial charge in [0.15, 0.2) is 0 Å². The van der Waals surface area contributed by atoms with Crippen LogP contribution < -0.4 is 14.4 Å². The third kappa shape index (κ3) is 2.86. The van der Waals surface area contributed by atoms with Gasteiger partial charge in [0.1, 0.15) is 24.2 Å². The number of aliphatic hydroxyl groups excluding tert-OH is 1. The Hall–Kier alpha value is -3.05. The fourth-order valence-corrected chi connectivity index (χ4v) is 3.29. The van der Waals surface area contributed by atoms with Crippen molar-refractivity contribution in [3.05, 3.63) is 66.2 Å². The van der Waals surface area contributed by atoms with Crippen LogP contribution >= 0.6 is 0 Å². The number of hydrogen-bond donors (Lipinski definition) is 1. The molecule has 0 spiro atoms. The van der Waals surface area contributed by atoms with Crippen LogP contribution in [-0.2, 0) is 0 Å². The molecule has 1 aliphatic rings. The van der Waals surface area contributed by atoms with Gasteiger partial charge in [0.2, 0.25) is 0 Å². The highest BCUT2D eigenvalue weighted by molar-refractivity contribution is 6.25. The SMILES string of the molecule is COc1ccc(OC[C@H](O)CN2C(=O)c3cccc4cccc2c34)cc1. The number of methoxy groups -OCH3 is 1. The van der Waals surface area contributed by atoms with Gasteiger partial charge in [-0.15, -0.1) is 0 Å². The number of amides is 1. The van der Waals surface area contributed by atoms with Crippen molar-refractivity contribution >= 4 is 22.4 Å². The second kappa shape index (κ2) is 6.69. The molecule has 1 aliphatic heterocycles. The molecule has 0 aliphatic carbocycles. The van der Waals surface area contributed by atoms with E-state index < -0.39 is 6.10 Å². The molecule has 3 aromatic rings. The lowest BCUT2D eigenvalue weighted by atomic mass is 10.1. The lowest BCUT2D eigenvalue weighted by molar-refractivity contribution is 0.0913. The Balaban J connectivity index is 1.46. The van der Waals surface area contributed by atoms with Crippen LogP contribution in [0.2, 0.25) is 0 Å². The summed E-state index contributed by atoms with van der Waals surface area (Å²) in [5, 5.41) is 12.4. The average Bonchev–Trinajstić information content (AvgIpc) is 2.95. The van der Waals surface area contributed by atoms with Gasteiger partial charge in [0, 0.05) is 10.9 Å². The molecule has 5 heteroatoms. The van der Waals surface area contributed by atoms with Gasteiger partial charge in [-0.05, 0) is 41.8 Å². The first-order valence-electron chi connectivity index (χ1n) is 8.46. The van der Waals surface area contributed by atoms with Crippen LogP contribution in [0.3, 0.4) is 0 Å². The number of rotatable bonds is 6. The monoisotopic (exact) mass is 349 g/mol. The number of nitrogens with zero attached hydrogens (tertiary/aromatic N) is 1. The summed E-state index contributed by atoms with van der Waals surface area (Å²) in [6, 6.07) is 18.7. The molecule has 26 heavy (non-hydrogen) atoms. The van der Waals surface area contributed by atoms with Gasteiger partial charge in [0.25, 0.3) is 5.91 Å². The summed E-state index contributed by atoms with van der Waals surface area (Å²) in [7, 11) is 1.60. The van der Waals surface area contributed by atoms with E-state index in [1.807, 2.05) is 36.4 Å². The first-order valence-corrected chi connectivity index (χ1v) is 8.46. The van der Waals surface area contributed by atoms with E-state index in [2.05, 4.69) is 0 Å². The van der Waals surface area contributed by atoms with Crippen molar-refractivity contribution in [2.45, 2.75) is 6.10 Å². The lowest BCUT2D eigenvalue weighted by Crippen LogP contribution is -2.37. The lowest BCUT2D eigenvalue weighted by Gasteiger charge is -2.21. The maximum absolute atomic E-state index is 12.7. The van der Waals surface area contributed by atoms with Crippen LogP contribution in [0.4, 0.5) is 5.69 Å². The Morgan fingerprint density at radius 1 is 1.00 bits per heavy atom. The zero-order valence-corrected chi connectivity index (χ0v) is 14.4. The molecule has 0 saturated carbocycles. The number of β-amino-alcohol motifs (C(OH)–C–C–N with tert-alkyl or cyclic N) is 1. The fourth-order valence-electron chi connectivity index (χ4n) is 3.29. The standard InChI is InChI=1S/C21H19NO4/c1-25-16-8-10-17(11-9-16)26-13-15(23)12-22-19-7-3-5-14-4-2-6-18(20(14)19)21(22)24/h2-11,15,23H,12-13H2,1H3/t15-/m1/s1. The Bertz CT molecular complexity index is 947. The molecule has 1 heterocycles. The predicted molar refractivity (Wildman–Crippen MR) is 100 cm³/mol. The zero-order chi connectivity index (χ0) is 18.1. The van der Waals surface area contributed by atoms with Crippen LogP contribution in [-0.4, -0.2) is 37.4 Å². The number of aliphatic hydroxyl groups is 1. The van der Waals surface area contributed by atoms with Crippen molar-refractivity contribution < 1.29 is 19.4 Å².